The Balaban J connectivity index is 1.12. The standard InChI is InChI=1S/C23H31N9O/c1-30-12-14-31(15-13-30)16-22(33)25-17-6-8-18(9-7-17)26-23-24-11-10-21(27-23)32-20-5-3-2-4-19(20)28-29-32/h2-5,10-11,17-18H,6-9,12-16H2,1H3,(H,25,33)(H,24,26,27). The summed E-state index contributed by atoms with van der Waals surface area (Å²) in [5.41, 5.74) is 1.74. The number of likely N-dealkylation sites (N-methyl/N-ethyl adjacent to an activating group) is 1. The molecular formula is C23H31N9O. The highest BCUT2D eigenvalue weighted by Gasteiger charge is 2.24. The van der Waals surface area contributed by atoms with Crippen LogP contribution in [0.15, 0.2) is 36.5 Å². The molecule has 1 aliphatic heterocycles. The number of benzene rings is 1. The molecule has 2 fully saturated rings. The molecule has 2 aromatic heterocycles. The maximum atomic E-state index is 12.5. The molecule has 0 bridgehead atoms. The second kappa shape index (κ2) is 9.80. The summed E-state index contributed by atoms with van der Waals surface area (Å²) < 4.78 is 1.73. The largest absolute Gasteiger partial charge is 0.352 e. The molecule has 33 heavy (non-hydrogen) atoms. The number of nitrogens with zero attached hydrogens (tertiary/aromatic N) is 7. The van der Waals surface area contributed by atoms with Gasteiger partial charge in [0.25, 0.3) is 0 Å². The molecular weight excluding hydrogens is 418 g/mol. The number of para-hydroxylation sites is 1. The fourth-order valence-corrected chi connectivity index (χ4v) is 4.62. The third-order valence-electron chi connectivity index (χ3n) is 6.60. The summed E-state index contributed by atoms with van der Waals surface area (Å²) >= 11 is 0. The van der Waals surface area contributed by atoms with Gasteiger partial charge in [-0.3, -0.25) is 9.69 Å². The lowest BCUT2D eigenvalue weighted by Crippen LogP contribution is -2.50. The van der Waals surface area contributed by atoms with E-state index in [1.165, 1.54) is 0 Å². The van der Waals surface area contributed by atoms with Crippen molar-refractivity contribution in [2.75, 3.05) is 45.1 Å². The quantitative estimate of drug-likeness (QED) is 0.580. The highest BCUT2D eigenvalue weighted by Crippen LogP contribution is 2.22. The van der Waals surface area contributed by atoms with E-state index < -0.39 is 0 Å². The second-order valence-electron chi connectivity index (χ2n) is 9.07. The minimum absolute atomic E-state index is 0.145. The molecule has 2 aliphatic rings. The Morgan fingerprint density at radius 2 is 1.79 bits per heavy atom. The van der Waals surface area contributed by atoms with Gasteiger partial charge in [-0.25, -0.2) is 4.98 Å². The summed E-state index contributed by atoms with van der Waals surface area (Å²) in [6.07, 6.45) is 5.60. The smallest absolute Gasteiger partial charge is 0.234 e. The molecule has 10 nitrogen and oxygen atoms in total. The molecule has 5 rings (SSSR count). The van der Waals surface area contributed by atoms with Crippen LogP contribution in [0.1, 0.15) is 25.7 Å². The SMILES string of the molecule is CN1CCN(CC(=O)NC2CCC(Nc3nccc(-n4nnc5ccccc54)n3)CC2)CC1. The van der Waals surface area contributed by atoms with Crippen molar-refractivity contribution >= 4 is 22.9 Å². The first kappa shape index (κ1) is 21.7. The molecule has 0 radical (unpaired) electrons. The molecule has 1 saturated heterocycles. The Labute approximate surface area is 193 Å². The molecule has 0 unspecified atom stereocenters. The van der Waals surface area contributed by atoms with Gasteiger partial charge in [-0.1, -0.05) is 17.3 Å². The van der Waals surface area contributed by atoms with Gasteiger partial charge in [0.05, 0.1) is 12.1 Å². The normalized spacial score (nSPS) is 22.3. The van der Waals surface area contributed by atoms with Crippen molar-refractivity contribution in [1.82, 2.24) is 40.1 Å². The molecule has 3 heterocycles. The molecule has 174 valence electrons. The lowest BCUT2D eigenvalue weighted by molar-refractivity contribution is -0.123. The van der Waals surface area contributed by atoms with E-state index in [0.29, 0.717) is 24.4 Å². The van der Waals surface area contributed by atoms with Crippen LogP contribution in [0.5, 0.6) is 0 Å². The Morgan fingerprint density at radius 1 is 1.03 bits per heavy atom. The van der Waals surface area contributed by atoms with Crippen LogP contribution in [0.2, 0.25) is 0 Å². The van der Waals surface area contributed by atoms with Crippen LogP contribution < -0.4 is 10.6 Å². The van der Waals surface area contributed by atoms with Crippen molar-refractivity contribution in [3.63, 3.8) is 0 Å². The summed E-state index contributed by atoms with van der Waals surface area (Å²) in [5, 5.41) is 15.1. The molecule has 3 aromatic rings. The number of nitrogens with one attached hydrogen (secondary N) is 2. The monoisotopic (exact) mass is 449 g/mol. The number of piperazine rings is 1. The molecule has 1 aliphatic carbocycles. The number of carbonyl (C=O) groups excluding carboxylic acids is 1. The van der Waals surface area contributed by atoms with Gasteiger partial charge in [0, 0.05) is 50.5 Å². The summed E-state index contributed by atoms with van der Waals surface area (Å²) in [5.74, 6) is 1.42. The van der Waals surface area contributed by atoms with Crippen molar-refractivity contribution in [3.05, 3.63) is 36.5 Å². The Morgan fingerprint density at radius 3 is 2.61 bits per heavy atom. The zero-order valence-electron chi connectivity index (χ0n) is 19.0. The van der Waals surface area contributed by atoms with E-state index in [9.17, 15) is 4.79 Å². The third kappa shape index (κ3) is 5.28. The third-order valence-corrected chi connectivity index (χ3v) is 6.60. The van der Waals surface area contributed by atoms with Crippen LogP contribution in [0.25, 0.3) is 16.9 Å². The highest BCUT2D eigenvalue weighted by atomic mass is 16.2. The van der Waals surface area contributed by atoms with Gasteiger partial charge in [0.2, 0.25) is 11.9 Å². The predicted molar refractivity (Wildman–Crippen MR) is 126 cm³/mol. The summed E-state index contributed by atoms with van der Waals surface area (Å²) in [7, 11) is 2.13. The van der Waals surface area contributed by atoms with Crippen molar-refractivity contribution in [1.29, 1.82) is 0 Å². The maximum absolute atomic E-state index is 12.5. The van der Waals surface area contributed by atoms with Gasteiger partial charge < -0.3 is 15.5 Å². The lowest BCUT2D eigenvalue weighted by atomic mass is 9.91. The van der Waals surface area contributed by atoms with E-state index in [0.717, 1.165) is 62.9 Å². The number of amides is 1. The fourth-order valence-electron chi connectivity index (χ4n) is 4.62. The van der Waals surface area contributed by atoms with Gasteiger partial charge in [0.15, 0.2) is 5.82 Å². The minimum atomic E-state index is 0.145. The van der Waals surface area contributed by atoms with Gasteiger partial charge in [-0.05, 0) is 44.9 Å². The minimum Gasteiger partial charge on any atom is -0.352 e. The number of anilines is 1. The lowest BCUT2D eigenvalue weighted by Gasteiger charge is -2.33. The zero-order valence-corrected chi connectivity index (χ0v) is 19.0. The Hall–Kier alpha value is -3.11. The fraction of sp³-hybridized carbons (Fsp3) is 0.522. The Kier molecular flexibility index (Phi) is 6.45. The average Bonchev–Trinajstić information content (AvgIpc) is 3.26. The van der Waals surface area contributed by atoms with Crippen LogP contribution in [0, 0.1) is 0 Å². The molecule has 1 aromatic carbocycles. The summed E-state index contributed by atoms with van der Waals surface area (Å²) in [6, 6.07) is 10.2. The van der Waals surface area contributed by atoms with Crippen molar-refractivity contribution in [2.24, 2.45) is 0 Å². The Bertz CT molecular complexity index is 1080. The highest BCUT2D eigenvalue weighted by molar-refractivity contribution is 5.78. The summed E-state index contributed by atoms with van der Waals surface area (Å²) in [6.45, 7) is 4.48. The number of fused-ring (bicyclic) bond motifs is 1. The van der Waals surface area contributed by atoms with Crippen molar-refractivity contribution < 1.29 is 4.79 Å². The van der Waals surface area contributed by atoms with Crippen LogP contribution in [0.3, 0.4) is 0 Å². The zero-order chi connectivity index (χ0) is 22.6. The maximum Gasteiger partial charge on any atom is 0.234 e. The van der Waals surface area contributed by atoms with Crippen molar-refractivity contribution in [2.45, 2.75) is 37.8 Å². The first-order valence-corrected chi connectivity index (χ1v) is 11.7. The van der Waals surface area contributed by atoms with E-state index in [1.807, 2.05) is 30.3 Å². The first-order valence-electron chi connectivity index (χ1n) is 11.7. The van der Waals surface area contributed by atoms with Crippen molar-refractivity contribution in [3.8, 4) is 5.82 Å². The van der Waals surface area contributed by atoms with Gasteiger partial charge in [0.1, 0.15) is 5.52 Å². The van der Waals surface area contributed by atoms with Gasteiger partial charge in [-0.2, -0.15) is 9.67 Å². The number of carbonyl (C=O) groups is 1. The predicted octanol–water partition coefficient (Wildman–Crippen LogP) is 1.30. The van der Waals surface area contributed by atoms with Crippen LogP contribution in [0.4, 0.5) is 5.95 Å². The average molecular weight is 450 g/mol. The first-order chi connectivity index (χ1) is 16.1. The van der Waals surface area contributed by atoms with E-state index >= 15 is 0 Å². The van der Waals surface area contributed by atoms with Gasteiger partial charge in [-0.15, -0.1) is 5.10 Å². The summed E-state index contributed by atoms with van der Waals surface area (Å²) in [4.78, 5) is 26.1. The number of hydrogen-bond donors (Lipinski definition) is 2. The van der Waals surface area contributed by atoms with E-state index in [2.05, 4.69) is 47.8 Å². The van der Waals surface area contributed by atoms with E-state index in [1.54, 1.807) is 10.9 Å². The molecule has 10 heteroatoms. The van der Waals surface area contributed by atoms with Crippen LogP contribution in [-0.2, 0) is 4.79 Å². The number of rotatable bonds is 6. The molecule has 2 N–H and O–H groups in total. The van der Waals surface area contributed by atoms with E-state index in [4.69, 9.17) is 0 Å². The molecule has 0 spiro atoms. The number of hydrogen-bond acceptors (Lipinski definition) is 8. The van der Waals surface area contributed by atoms with Crippen LogP contribution in [-0.4, -0.2) is 92.5 Å². The topological polar surface area (TPSA) is 104 Å². The molecule has 0 atom stereocenters. The molecule has 1 saturated carbocycles. The van der Waals surface area contributed by atoms with E-state index in [-0.39, 0.29) is 11.9 Å². The second-order valence-corrected chi connectivity index (χ2v) is 9.07. The van der Waals surface area contributed by atoms with Gasteiger partial charge >= 0.3 is 0 Å². The van der Waals surface area contributed by atoms with Crippen LogP contribution >= 0.6 is 0 Å². The number of aromatic nitrogens is 5. The molecule has 1 amide bonds.